The van der Waals surface area contributed by atoms with E-state index in [1.54, 1.807) is 6.08 Å². The van der Waals surface area contributed by atoms with Gasteiger partial charge in [-0.1, -0.05) is 60.7 Å². The van der Waals surface area contributed by atoms with Gasteiger partial charge in [0.1, 0.15) is 5.57 Å². The third-order valence-electron chi connectivity index (χ3n) is 10.6. The molecule has 0 unspecified atom stereocenters. The van der Waals surface area contributed by atoms with Crippen LogP contribution in [0, 0.1) is 24.7 Å². The van der Waals surface area contributed by atoms with Crippen molar-refractivity contribution < 1.29 is 14.4 Å². The molecule has 4 saturated carbocycles. The number of carbonyl (C=O) groups excluding carboxylic acids is 3. The molecule has 4 bridgehead atoms. The van der Waals surface area contributed by atoms with E-state index in [4.69, 9.17) is 0 Å². The minimum atomic E-state index is -0.710. The van der Waals surface area contributed by atoms with Gasteiger partial charge in [-0.05, 0) is 104 Å². The summed E-state index contributed by atoms with van der Waals surface area (Å²) in [6.07, 6.45) is 9.55. The number of nitrogens with zero attached hydrogens (tertiary/aromatic N) is 2. The molecule has 1 aromatic heterocycles. The first kappa shape index (κ1) is 26.2. The molecular formula is C37H35N3O3. The van der Waals surface area contributed by atoms with Crippen molar-refractivity contribution >= 4 is 40.5 Å². The van der Waals surface area contributed by atoms with Crippen LogP contribution in [0.2, 0.25) is 0 Å². The molecule has 6 nitrogen and oxygen atoms in total. The molecule has 0 atom stereocenters. The SMILES string of the molecule is Cc1c(/C=C2\C(=O)NC(=O)N(c3ccc(C45CC6CC(CC(C6)C4)C5)cc3)C2=O)c2ccccc2n1Cc1ccccc1. The molecule has 1 N–H and O–H groups in total. The summed E-state index contributed by atoms with van der Waals surface area (Å²) in [5.41, 5.74) is 5.92. The number of imide groups is 2. The summed E-state index contributed by atoms with van der Waals surface area (Å²) in [5, 5.41) is 3.37. The quantitative estimate of drug-likeness (QED) is 0.205. The summed E-state index contributed by atoms with van der Waals surface area (Å²) in [6, 6.07) is 25.5. The van der Waals surface area contributed by atoms with E-state index in [-0.39, 0.29) is 11.0 Å². The average molecular weight is 570 g/mol. The first-order valence-electron chi connectivity index (χ1n) is 15.5. The van der Waals surface area contributed by atoms with E-state index < -0.39 is 17.8 Å². The molecule has 4 aliphatic carbocycles. The molecule has 1 saturated heterocycles. The van der Waals surface area contributed by atoms with Crippen LogP contribution in [0.25, 0.3) is 17.0 Å². The maximum absolute atomic E-state index is 13.9. The van der Waals surface area contributed by atoms with Crippen molar-refractivity contribution in [3.8, 4) is 0 Å². The van der Waals surface area contributed by atoms with E-state index in [0.29, 0.717) is 12.2 Å². The normalized spacial score (nSPS) is 27.4. The molecule has 4 amide bonds. The van der Waals surface area contributed by atoms with E-state index in [2.05, 4.69) is 40.2 Å². The van der Waals surface area contributed by atoms with Crippen LogP contribution in [-0.2, 0) is 21.5 Å². The number of aromatic nitrogens is 1. The molecule has 0 spiro atoms. The third-order valence-corrected chi connectivity index (χ3v) is 10.6. The zero-order chi connectivity index (χ0) is 29.3. The number of rotatable bonds is 5. The minimum Gasteiger partial charge on any atom is -0.340 e. The number of nitrogens with one attached hydrogen (secondary N) is 1. The number of hydrogen-bond donors (Lipinski definition) is 1. The highest BCUT2D eigenvalue weighted by Crippen LogP contribution is 2.60. The lowest BCUT2D eigenvalue weighted by atomic mass is 9.48. The molecule has 3 aromatic carbocycles. The molecule has 4 aromatic rings. The number of fused-ring (bicyclic) bond motifs is 1. The van der Waals surface area contributed by atoms with E-state index in [1.807, 2.05) is 55.5 Å². The first-order chi connectivity index (χ1) is 20.9. The molecule has 5 fully saturated rings. The maximum atomic E-state index is 13.9. The van der Waals surface area contributed by atoms with Gasteiger partial charge < -0.3 is 4.57 Å². The molecule has 5 aliphatic rings. The number of para-hydroxylation sites is 1. The predicted octanol–water partition coefficient (Wildman–Crippen LogP) is 7.13. The Balaban J connectivity index is 1.13. The van der Waals surface area contributed by atoms with Crippen LogP contribution in [0.1, 0.15) is 60.9 Å². The summed E-state index contributed by atoms with van der Waals surface area (Å²) >= 11 is 0. The van der Waals surface area contributed by atoms with Gasteiger partial charge in [-0.3, -0.25) is 14.9 Å². The fourth-order valence-electron chi connectivity index (χ4n) is 9.07. The van der Waals surface area contributed by atoms with Gasteiger partial charge >= 0.3 is 6.03 Å². The van der Waals surface area contributed by atoms with Gasteiger partial charge in [0.05, 0.1) is 5.69 Å². The Hall–Kier alpha value is -4.45. The van der Waals surface area contributed by atoms with Crippen molar-refractivity contribution in [2.24, 2.45) is 17.8 Å². The third kappa shape index (κ3) is 4.26. The number of amides is 4. The van der Waals surface area contributed by atoms with Gasteiger partial charge in [0.15, 0.2) is 0 Å². The maximum Gasteiger partial charge on any atom is 0.335 e. The van der Waals surface area contributed by atoms with Crippen LogP contribution in [0.3, 0.4) is 0 Å². The first-order valence-corrected chi connectivity index (χ1v) is 15.5. The molecule has 9 rings (SSSR count). The van der Waals surface area contributed by atoms with Crippen molar-refractivity contribution in [3.05, 3.63) is 107 Å². The summed E-state index contributed by atoms with van der Waals surface area (Å²) in [5.74, 6) is 1.23. The Morgan fingerprint density at radius 1 is 0.814 bits per heavy atom. The van der Waals surface area contributed by atoms with Gasteiger partial charge in [-0.15, -0.1) is 0 Å². The zero-order valence-electron chi connectivity index (χ0n) is 24.4. The lowest BCUT2D eigenvalue weighted by Gasteiger charge is -2.57. The fraction of sp³-hybridized carbons (Fsp3) is 0.324. The number of anilines is 1. The summed E-state index contributed by atoms with van der Waals surface area (Å²) < 4.78 is 2.20. The Bertz CT molecular complexity index is 1780. The number of barbiturate groups is 1. The summed E-state index contributed by atoms with van der Waals surface area (Å²) in [7, 11) is 0. The minimum absolute atomic E-state index is 0.0459. The van der Waals surface area contributed by atoms with E-state index in [0.717, 1.165) is 50.4 Å². The Labute approximate surface area is 251 Å². The molecule has 6 heteroatoms. The molecular weight excluding hydrogens is 534 g/mol. The monoisotopic (exact) mass is 569 g/mol. The van der Waals surface area contributed by atoms with Gasteiger partial charge in [0, 0.05) is 28.7 Å². The topological polar surface area (TPSA) is 71.4 Å². The lowest BCUT2D eigenvalue weighted by molar-refractivity contribution is -0.122. The van der Waals surface area contributed by atoms with Crippen LogP contribution in [0.15, 0.2) is 84.4 Å². The smallest absolute Gasteiger partial charge is 0.335 e. The van der Waals surface area contributed by atoms with Crippen molar-refractivity contribution in [3.63, 3.8) is 0 Å². The highest BCUT2D eigenvalue weighted by Gasteiger charge is 2.51. The molecule has 0 radical (unpaired) electrons. The second kappa shape index (κ2) is 9.80. The summed E-state index contributed by atoms with van der Waals surface area (Å²) in [6.45, 7) is 2.67. The zero-order valence-corrected chi connectivity index (χ0v) is 24.4. The van der Waals surface area contributed by atoms with E-state index in [1.165, 1.54) is 44.1 Å². The number of benzene rings is 3. The number of urea groups is 1. The molecule has 1 aliphatic heterocycles. The average Bonchev–Trinajstić information content (AvgIpc) is 3.25. The second-order valence-electron chi connectivity index (χ2n) is 13.3. The predicted molar refractivity (Wildman–Crippen MR) is 168 cm³/mol. The Kier molecular flexibility index (Phi) is 5.97. The van der Waals surface area contributed by atoms with Crippen LogP contribution in [0.4, 0.5) is 10.5 Å². The van der Waals surface area contributed by atoms with Crippen molar-refractivity contribution in [2.75, 3.05) is 4.90 Å². The fourth-order valence-corrected chi connectivity index (χ4v) is 9.07. The Morgan fingerprint density at radius 3 is 2.12 bits per heavy atom. The lowest BCUT2D eigenvalue weighted by Crippen LogP contribution is -2.54. The van der Waals surface area contributed by atoms with Crippen LogP contribution >= 0.6 is 0 Å². The van der Waals surface area contributed by atoms with Gasteiger partial charge in [0.2, 0.25) is 0 Å². The van der Waals surface area contributed by atoms with Crippen molar-refractivity contribution in [2.45, 2.75) is 57.4 Å². The van der Waals surface area contributed by atoms with Crippen molar-refractivity contribution in [1.82, 2.24) is 9.88 Å². The largest absolute Gasteiger partial charge is 0.340 e. The van der Waals surface area contributed by atoms with E-state index >= 15 is 0 Å². The number of hydrogen-bond acceptors (Lipinski definition) is 3. The molecule has 43 heavy (non-hydrogen) atoms. The summed E-state index contributed by atoms with van der Waals surface area (Å²) in [4.78, 5) is 41.1. The van der Waals surface area contributed by atoms with Crippen LogP contribution in [0.5, 0.6) is 0 Å². The highest BCUT2D eigenvalue weighted by atomic mass is 16.2. The van der Waals surface area contributed by atoms with Gasteiger partial charge in [-0.25, -0.2) is 9.69 Å². The van der Waals surface area contributed by atoms with Crippen LogP contribution in [-0.4, -0.2) is 22.4 Å². The Morgan fingerprint density at radius 2 is 1.44 bits per heavy atom. The van der Waals surface area contributed by atoms with Crippen molar-refractivity contribution in [1.29, 1.82) is 0 Å². The van der Waals surface area contributed by atoms with Gasteiger partial charge in [-0.2, -0.15) is 0 Å². The molecule has 216 valence electrons. The molecule has 2 heterocycles. The second-order valence-corrected chi connectivity index (χ2v) is 13.3. The van der Waals surface area contributed by atoms with Crippen LogP contribution < -0.4 is 10.2 Å². The highest BCUT2D eigenvalue weighted by molar-refractivity contribution is 6.39. The van der Waals surface area contributed by atoms with Gasteiger partial charge in [0.25, 0.3) is 11.8 Å². The number of carbonyl (C=O) groups is 3. The van der Waals surface area contributed by atoms with E-state index in [9.17, 15) is 14.4 Å². The standard InChI is InChI=1S/C37H35N3O3/c1-23-31(30-9-5-6-10-33(30)39(23)22-24-7-3-2-4-8-24)18-32-34(41)38-36(43)40(35(32)42)29-13-11-28(12-14-29)37-19-25-15-26(20-37)17-27(16-25)21-37/h2-14,18,25-27H,15-17,19-22H2,1H3,(H,38,41,43)/b32-18+.